The molecule has 0 heterocycles. The fourth-order valence-corrected chi connectivity index (χ4v) is 5.59. The van der Waals surface area contributed by atoms with Crippen molar-refractivity contribution in [1.82, 2.24) is 0 Å². The molecule has 0 saturated heterocycles. The summed E-state index contributed by atoms with van der Waals surface area (Å²) in [7, 11) is -0.284. The summed E-state index contributed by atoms with van der Waals surface area (Å²) in [5.74, 6) is 0.443. The van der Waals surface area contributed by atoms with Gasteiger partial charge >= 0.3 is 0 Å². The van der Waals surface area contributed by atoms with E-state index in [1.165, 1.54) is 28.3 Å². The quantitative estimate of drug-likeness (QED) is 0.748. The Labute approximate surface area is 162 Å². The van der Waals surface area contributed by atoms with E-state index in [9.17, 15) is 5.11 Å². The van der Waals surface area contributed by atoms with Crippen LogP contribution in [0.1, 0.15) is 69.4 Å². The highest BCUT2D eigenvalue weighted by atomic mass is 28.2. The van der Waals surface area contributed by atoms with Crippen LogP contribution in [0.5, 0.6) is 5.75 Å². The SMILES string of the molecule is Cc1cccc([SiH2]CCc2cc(C(C)(C)C)c(O)cc2C(C)(C)C)c1C. The van der Waals surface area contributed by atoms with Gasteiger partial charge in [0.1, 0.15) is 5.75 Å². The third kappa shape index (κ3) is 4.79. The molecule has 2 aromatic carbocycles. The van der Waals surface area contributed by atoms with Gasteiger partial charge in [0.05, 0.1) is 9.52 Å². The van der Waals surface area contributed by atoms with E-state index in [2.05, 4.69) is 79.7 Å². The molecule has 0 saturated carbocycles. The first kappa shape index (κ1) is 20.8. The third-order valence-electron chi connectivity index (χ3n) is 5.45. The summed E-state index contributed by atoms with van der Waals surface area (Å²) in [6, 6.07) is 12.3. The summed E-state index contributed by atoms with van der Waals surface area (Å²) in [5.41, 5.74) is 6.66. The van der Waals surface area contributed by atoms with Gasteiger partial charge < -0.3 is 5.11 Å². The van der Waals surface area contributed by atoms with Crippen LogP contribution in [0.3, 0.4) is 0 Å². The lowest BCUT2D eigenvalue weighted by Crippen LogP contribution is -2.21. The molecule has 142 valence electrons. The van der Waals surface area contributed by atoms with Crippen molar-refractivity contribution in [2.75, 3.05) is 0 Å². The molecule has 0 aliphatic heterocycles. The molecule has 2 aromatic rings. The molecule has 0 spiro atoms. The van der Waals surface area contributed by atoms with Gasteiger partial charge in [0.2, 0.25) is 0 Å². The van der Waals surface area contributed by atoms with E-state index in [0.717, 1.165) is 12.0 Å². The van der Waals surface area contributed by atoms with Crippen molar-refractivity contribution >= 4 is 14.7 Å². The fourth-order valence-electron chi connectivity index (χ4n) is 3.69. The number of aryl methyl sites for hydroxylation is 2. The van der Waals surface area contributed by atoms with Gasteiger partial charge in [-0.3, -0.25) is 0 Å². The van der Waals surface area contributed by atoms with Crippen molar-refractivity contribution in [3.05, 3.63) is 58.1 Å². The Morgan fingerprint density at radius 1 is 0.885 bits per heavy atom. The fraction of sp³-hybridized carbons (Fsp3) is 0.500. The van der Waals surface area contributed by atoms with Gasteiger partial charge in [0.15, 0.2) is 0 Å². The second-order valence-electron chi connectivity index (χ2n) is 9.74. The molecule has 0 radical (unpaired) electrons. The van der Waals surface area contributed by atoms with Crippen molar-refractivity contribution < 1.29 is 5.11 Å². The molecule has 1 N–H and O–H groups in total. The lowest BCUT2D eigenvalue weighted by molar-refractivity contribution is 0.442. The maximum Gasteiger partial charge on any atom is 0.119 e. The molecule has 2 heteroatoms. The van der Waals surface area contributed by atoms with E-state index < -0.39 is 0 Å². The van der Waals surface area contributed by atoms with E-state index in [4.69, 9.17) is 0 Å². The number of hydrogen-bond donors (Lipinski definition) is 1. The first-order valence-electron chi connectivity index (χ1n) is 9.83. The van der Waals surface area contributed by atoms with Crippen LogP contribution in [0.15, 0.2) is 30.3 Å². The maximum atomic E-state index is 10.6. The van der Waals surface area contributed by atoms with Crippen LogP contribution in [-0.2, 0) is 17.3 Å². The molecule has 0 atom stereocenters. The van der Waals surface area contributed by atoms with Crippen LogP contribution in [0.4, 0.5) is 0 Å². The maximum absolute atomic E-state index is 10.6. The number of phenols is 1. The average molecular weight is 369 g/mol. The number of rotatable bonds is 4. The van der Waals surface area contributed by atoms with Crippen LogP contribution >= 0.6 is 0 Å². The number of phenolic OH excluding ortho intramolecular Hbond substituents is 1. The molecule has 0 aromatic heterocycles. The second-order valence-corrected chi connectivity index (χ2v) is 11.7. The van der Waals surface area contributed by atoms with Crippen molar-refractivity contribution in [2.24, 2.45) is 0 Å². The summed E-state index contributed by atoms with van der Waals surface area (Å²) in [6.07, 6.45) is 1.11. The second kappa shape index (κ2) is 7.60. The molecule has 0 amide bonds. The van der Waals surface area contributed by atoms with Crippen molar-refractivity contribution in [3.8, 4) is 5.75 Å². The van der Waals surface area contributed by atoms with Gasteiger partial charge in [-0.25, -0.2) is 0 Å². The normalized spacial score (nSPS) is 12.9. The van der Waals surface area contributed by atoms with Crippen LogP contribution in [-0.4, -0.2) is 14.6 Å². The topological polar surface area (TPSA) is 20.2 Å². The van der Waals surface area contributed by atoms with E-state index in [1.54, 1.807) is 5.19 Å². The smallest absolute Gasteiger partial charge is 0.119 e. The molecular formula is C24H36OSi. The van der Waals surface area contributed by atoms with Gasteiger partial charge in [-0.15, -0.1) is 0 Å². The predicted molar refractivity (Wildman–Crippen MR) is 118 cm³/mol. The average Bonchev–Trinajstić information content (AvgIpc) is 2.50. The molecule has 0 aliphatic rings. The van der Waals surface area contributed by atoms with Crippen LogP contribution in [0.25, 0.3) is 0 Å². The van der Waals surface area contributed by atoms with Crippen LogP contribution in [0, 0.1) is 13.8 Å². The molecule has 2 rings (SSSR count). The summed E-state index contributed by atoms with van der Waals surface area (Å²) in [4.78, 5) is 0. The summed E-state index contributed by atoms with van der Waals surface area (Å²) in [5, 5.41) is 12.2. The summed E-state index contributed by atoms with van der Waals surface area (Å²) in [6.45, 7) is 17.7. The van der Waals surface area contributed by atoms with Crippen molar-refractivity contribution in [1.29, 1.82) is 0 Å². The van der Waals surface area contributed by atoms with Crippen molar-refractivity contribution in [3.63, 3.8) is 0 Å². The number of aromatic hydroxyl groups is 1. The Balaban J connectivity index is 2.30. The molecule has 26 heavy (non-hydrogen) atoms. The Morgan fingerprint density at radius 3 is 2.08 bits per heavy atom. The number of hydrogen-bond acceptors (Lipinski definition) is 1. The molecular weight excluding hydrogens is 332 g/mol. The summed E-state index contributed by atoms with van der Waals surface area (Å²) >= 11 is 0. The van der Waals surface area contributed by atoms with Gasteiger partial charge in [-0.2, -0.15) is 0 Å². The molecule has 0 unspecified atom stereocenters. The number of benzene rings is 2. The standard InChI is InChI=1S/C24H36OSi/c1-16-10-9-11-22(17(16)2)26-13-12-18-14-20(24(6,7)8)21(25)15-19(18)23(3,4)5/h9-11,14-15,25H,12-13,26H2,1-8H3. The van der Waals surface area contributed by atoms with E-state index in [0.29, 0.717) is 5.75 Å². The Morgan fingerprint density at radius 2 is 1.50 bits per heavy atom. The zero-order chi connectivity index (χ0) is 19.7. The minimum atomic E-state index is -0.284. The highest BCUT2D eigenvalue weighted by Crippen LogP contribution is 2.37. The van der Waals surface area contributed by atoms with Crippen molar-refractivity contribution in [2.45, 2.75) is 78.7 Å². The Bertz CT molecular complexity index is 776. The predicted octanol–water partition coefficient (Wildman–Crippen LogP) is 5.06. The van der Waals surface area contributed by atoms with Gasteiger partial charge in [0, 0.05) is 0 Å². The third-order valence-corrected chi connectivity index (χ3v) is 7.46. The van der Waals surface area contributed by atoms with Crippen LogP contribution in [0.2, 0.25) is 6.04 Å². The highest BCUT2D eigenvalue weighted by molar-refractivity contribution is 6.54. The lowest BCUT2D eigenvalue weighted by Gasteiger charge is -2.28. The first-order valence-corrected chi connectivity index (χ1v) is 11.5. The van der Waals surface area contributed by atoms with E-state index in [-0.39, 0.29) is 20.3 Å². The lowest BCUT2D eigenvalue weighted by atomic mass is 9.78. The minimum Gasteiger partial charge on any atom is -0.508 e. The minimum absolute atomic E-state index is 0.0419. The molecule has 0 bridgehead atoms. The van der Waals surface area contributed by atoms with E-state index in [1.807, 2.05) is 6.07 Å². The Kier molecular flexibility index (Phi) is 6.07. The zero-order valence-electron chi connectivity index (χ0n) is 18.0. The summed E-state index contributed by atoms with van der Waals surface area (Å²) < 4.78 is 0. The highest BCUT2D eigenvalue weighted by Gasteiger charge is 2.24. The molecule has 1 nitrogen and oxygen atoms in total. The largest absolute Gasteiger partial charge is 0.508 e. The van der Waals surface area contributed by atoms with Gasteiger partial charge in [-0.1, -0.05) is 77.0 Å². The first-order chi connectivity index (χ1) is 11.9. The van der Waals surface area contributed by atoms with Gasteiger partial charge in [-0.05, 0) is 65.0 Å². The Hall–Kier alpha value is -1.54. The monoisotopic (exact) mass is 368 g/mol. The molecule has 0 fully saturated rings. The molecule has 0 aliphatic carbocycles. The van der Waals surface area contributed by atoms with Gasteiger partial charge in [0.25, 0.3) is 0 Å². The van der Waals surface area contributed by atoms with E-state index >= 15 is 0 Å². The van der Waals surface area contributed by atoms with Crippen LogP contribution < -0.4 is 5.19 Å². The zero-order valence-corrected chi connectivity index (χ0v) is 19.4.